The third kappa shape index (κ3) is 6.19. The molecule has 0 saturated carbocycles. The summed E-state index contributed by atoms with van der Waals surface area (Å²) in [4.78, 5) is 24.4. The van der Waals surface area contributed by atoms with Crippen molar-refractivity contribution in [2.45, 2.75) is 13.0 Å². The zero-order valence-corrected chi connectivity index (χ0v) is 24.1. The molecule has 0 radical (unpaired) electrons. The highest BCUT2D eigenvalue weighted by Gasteiger charge is 2.26. The molecule has 3 aromatic carbocycles. The van der Waals surface area contributed by atoms with Crippen molar-refractivity contribution in [3.63, 3.8) is 0 Å². The Morgan fingerprint density at radius 2 is 1.73 bits per heavy atom. The van der Waals surface area contributed by atoms with Crippen molar-refractivity contribution in [1.82, 2.24) is 24.8 Å². The van der Waals surface area contributed by atoms with Crippen LogP contribution in [-0.4, -0.2) is 64.7 Å². The number of carbonyl (C=O) groups excluding carboxylic acids is 1. The Morgan fingerprint density at radius 1 is 0.976 bits per heavy atom. The number of nitrogens with zero attached hydrogens (tertiary/aromatic N) is 3. The number of carbonyl (C=O) groups is 1. The van der Waals surface area contributed by atoms with Gasteiger partial charge in [-0.25, -0.2) is 4.98 Å². The maximum Gasteiger partial charge on any atom is 0.268 e. The van der Waals surface area contributed by atoms with Gasteiger partial charge in [0, 0.05) is 58.3 Å². The Labute approximate surface area is 249 Å². The highest BCUT2D eigenvalue weighted by atomic mass is 35.5. The normalized spacial score (nSPS) is 14.0. The Morgan fingerprint density at radius 3 is 2.51 bits per heavy atom. The Bertz CT molecular complexity index is 1640. The molecule has 1 saturated heterocycles. The van der Waals surface area contributed by atoms with Crippen molar-refractivity contribution < 1.29 is 9.53 Å². The first-order chi connectivity index (χ1) is 20.1. The van der Waals surface area contributed by atoms with Crippen LogP contribution in [0.1, 0.15) is 22.5 Å². The molecule has 1 amide bonds. The lowest BCUT2D eigenvalue weighted by Gasteiger charge is -2.26. The number of imidazole rings is 1. The summed E-state index contributed by atoms with van der Waals surface area (Å²) in [6, 6.07) is 23.5. The van der Waals surface area contributed by atoms with Gasteiger partial charge in [0.1, 0.15) is 5.69 Å². The molecule has 0 aliphatic carbocycles. The van der Waals surface area contributed by atoms with E-state index in [1.165, 1.54) is 0 Å². The highest BCUT2D eigenvalue weighted by molar-refractivity contribution is 6.31. The van der Waals surface area contributed by atoms with Gasteiger partial charge in [-0.3, -0.25) is 9.69 Å². The molecule has 1 aliphatic rings. The standard InChI is InChI=1S/C32H31Cl2N5O2/c33-24-9-7-22(8-10-24)20-39-21-36-29(23-5-2-1-3-6-23)31(39)28-26-12-11-25(34)19-27(26)37-30(28)32(40)35-13-4-14-38-15-17-41-18-16-38/h1-3,5-12,19,21,37H,4,13-18,20H2,(H,35,40). The molecule has 7 nitrogen and oxygen atoms in total. The summed E-state index contributed by atoms with van der Waals surface area (Å²) in [5.74, 6) is -0.160. The Hall–Kier alpha value is -3.62. The van der Waals surface area contributed by atoms with Crippen molar-refractivity contribution in [2.75, 3.05) is 39.4 Å². The first-order valence-corrected chi connectivity index (χ1v) is 14.6. The first-order valence-electron chi connectivity index (χ1n) is 13.8. The van der Waals surface area contributed by atoms with Crippen LogP contribution in [0.5, 0.6) is 0 Å². The average Bonchev–Trinajstić information content (AvgIpc) is 3.58. The number of nitrogens with one attached hydrogen (secondary N) is 2. The van der Waals surface area contributed by atoms with Gasteiger partial charge in [0.2, 0.25) is 0 Å². The molecule has 0 bridgehead atoms. The molecule has 3 heterocycles. The third-order valence-electron chi connectivity index (χ3n) is 7.42. The monoisotopic (exact) mass is 587 g/mol. The summed E-state index contributed by atoms with van der Waals surface area (Å²) in [5.41, 5.74) is 5.79. The molecule has 9 heteroatoms. The lowest BCUT2D eigenvalue weighted by Crippen LogP contribution is -2.38. The lowest BCUT2D eigenvalue weighted by atomic mass is 10.0. The zero-order chi connectivity index (χ0) is 28.2. The minimum atomic E-state index is -0.160. The fourth-order valence-corrected chi connectivity index (χ4v) is 5.66. The fourth-order valence-electron chi connectivity index (χ4n) is 5.36. The van der Waals surface area contributed by atoms with E-state index in [9.17, 15) is 4.79 Å². The molecule has 0 spiro atoms. The second kappa shape index (κ2) is 12.5. The molecular weight excluding hydrogens is 557 g/mol. The van der Waals surface area contributed by atoms with Crippen LogP contribution in [-0.2, 0) is 11.3 Å². The number of morpholine rings is 1. The molecule has 41 heavy (non-hydrogen) atoms. The van der Waals surface area contributed by atoms with Crippen LogP contribution in [0, 0.1) is 0 Å². The van der Waals surface area contributed by atoms with Gasteiger partial charge < -0.3 is 19.6 Å². The third-order valence-corrected chi connectivity index (χ3v) is 7.90. The van der Waals surface area contributed by atoms with E-state index in [1.807, 2.05) is 79.1 Å². The summed E-state index contributed by atoms with van der Waals surface area (Å²) >= 11 is 12.5. The zero-order valence-electron chi connectivity index (χ0n) is 22.6. The number of amides is 1. The van der Waals surface area contributed by atoms with E-state index in [2.05, 4.69) is 19.8 Å². The number of H-pyrrole nitrogens is 1. The van der Waals surface area contributed by atoms with E-state index in [0.717, 1.165) is 78.2 Å². The Balaban J connectivity index is 1.39. The topological polar surface area (TPSA) is 75.2 Å². The molecule has 5 aromatic rings. The molecule has 1 fully saturated rings. The number of halogens is 2. The van der Waals surface area contributed by atoms with Crippen LogP contribution in [0.25, 0.3) is 33.4 Å². The van der Waals surface area contributed by atoms with Crippen molar-refractivity contribution >= 4 is 40.0 Å². The van der Waals surface area contributed by atoms with Crippen molar-refractivity contribution in [1.29, 1.82) is 0 Å². The molecule has 210 valence electrons. The minimum Gasteiger partial charge on any atom is -0.379 e. The number of aromatic nitrogens is 3. The molecule has 2 aromatic heterocycles. The number of benzene rings is 3. The van der Waals surface area contributed by atoms with Crippen LogP contribution in [0.15, 0.2) is 79.1 Å². The molecular formula is C32H31Cl2N5O2. The van der Waals surface area contributed by atoms with E-state index in [-0.39, 0.29) is 5.91 Å². The molecule has 2 N–H and O–H groups in total. The van der Waals surface area contributed by atoms with E-state index < -0.39 is 0 Å². The van der Waals surface area contributed by atoms with Crippen molar-refractivity contribution in [2.24, 2.45) is 0 Å². The molecule has 0 atom stereocenters. The van der Waals surface area contributed by atoms with Gasteiger partial charge in [0.25, 0.3) is 5.91 Å². The predicted molar refractivity (Wildman–Crippen MR) is 165 cm³/mol. The molecule has 6 rings (SSSR count). The van der Waals surface area contributed by atoms with Gasteiger partial charge in [-0.05, 0) is 42.8 Å². The largest absolute Gasteiger partial charge is 0.379 e. The van der Waals surface area contributed by atoms with E-state index in [0.29, 0.717) is 28.8 Å². The van der Waals surface area contributed by atoms with Crippen LogP contribution in [0.2, 0.25) is 10.0 Å². The summed E-state index contributed by atoms with van der Waals surface area (Å²) in [6.07, 6.45) is 2.70. The highest BCUT2D eigenvalue weighted by Crippen LogP contribution is 2.39. The number of hydrogen-bond donors (Lipinski definition) is 2. The Kier molecular flexibility index (Phi) is 8.39. The maximum atomic E-state index is 13.8. The van der Waals surface area contributed by atoms with Crippen molar-refractivity contribution in [3.8, 4) is 22.5 Å². The molecule has 1 aliphatic heterocycles. The van der Waals surface area contributed by atoms with Crippen LogP contribution < -0.4 is 5.32 Å². The fraction of sp³-hybridized carbons (Fsp3) is 0.250. The predicted octanol–water partition coefficient (Wildman–Crippen LogP) is 6.51. The average molecular weight is 589 g/mol. The molecule has 0 unspecified atom stereocenters. The van der Waals surface area contributed by atoms with Gasteiger partial charge in [-0.15, -0.1) is 0 Å². The van der Waals surface area contributed by atoms with Crippen LogP contribution >= 0.6 is 23.2 Å². The van der Waals surface area contributed by atoms with Gasteiger partial charge in [-0.2, -0.15) is 0 Å². The second-order valence-electron chi connectivity index (χ2n) is 10.2. The number of rotatable bonds is 9. The SMILES string of the molecule is O=C(NCCCN1CCOCC1)c1[nH]c2cc(Cl)ccc2c1-c1c(-c2ccccc2)ncn1Cc1ccc(Cl)cc1. The summed E-state index contributed by atoms with van der Waals surface area (Å²) < 4.78 is 7.54. The minimum absolute atomic E-state index is 0.160. The summed E-state index contributed by atoms with van der Waals surface area (Å²) in [6.45, 7) is 5.45. The van der Waals surface area contributed by atoms with Gasteiger partial charge >= 0.3 is 0 Å². The number of fused-ring (bicyclic) bond motifs is 1. The van der Waals surface area contributed by atoms with Gasteiger partial charge in [0.15, 0.2) is 0 Å². The maximum absolute atomic E-state index is 13.8. The lowest BCUT2D eigenvalue weighted by molar-refractivity contribution is 0.0374. The number of hydrogen-bond acceptors (Lipinski definition) is 4. The quantitative estimate of drug-likeness (QED) is 0.193. The van der Waals surface area contributed by atoms with Crippen LogP contribution in [0.3, 0.4) is 0 Å². The summed E-state index contributed by atoms with van der Waals surface area (Å²) in [7, 11) is 0. The summed E-state index contributed by atoms with van der Waals surface area (Å²) in [5, 5.41) is 5.33. The number of ether oxygens (including phenoxy) is 1. The van der Waals surface area contributed by atoms with Gasteiger partial charge in [0.05, 0.1) is 30.9 Å². The van der Waals surface area contributed by atoms with Crippen LogP contribution in [0.4, 0.5) is 0 Å². The van der Waals surface area contributed by atoms with E-state index in [4.69, 9.17) is 32.9 Å². The van der Waals surface area contributed by atoms with Crippen molar-refractivity contribution in [3.05, 3.63) is 100 Å². The smallest absolute Gasteiger partial charge is 0.268 e. The van der Waals surface area contributed by atoms with Gasteiger partial charge in [-0.1, -0.05) is 71.7 Å². The number of aromatic amines is 1. The first kappa shape index (κ1) is 27.5. The van der Waals surface area contributed by atoms with E-state index >= 15 is 0 Å². The second-order valence-corrected chi connectivity index (χ2v) is 11.1. The van der Waals surface area contributed by atoms with E-state index in [1.54, 1.807) is 0 Å².